The number of benzene rings is 1. The number of phosphoric acid groups is 1. The minimum atomic E-state index is -3.77. The molecule has 1 atom stereocenters. The molecular formula is C11H11Cl4O4P. The normalized spacial score (nSPS) is 15.0. The molecule has 0 N–H and O–H groups in total. The summed E-state index contributed by atoms with van der Waals surface area (Å²) in [7, 11) is -2.58. The third-order valence-electron chi connectivity index (χ3n) is 2.10. The maximum absolute atomic E-state index is 12.1. The van der Waals surface area contributed by atoms with E-state index in [-0.39, 0.29) is 27.4 Å². The van der Waals surface area contributed by atoms with E-state index in [9.17, 15) is 4.57 Å². The molecule has 112 valence electrons. The van der Waals surface area contributed by atoms with Crippen LogP contribution in [-0.2, 0) is 18.1 Å². The molecule has 0 heterocycles. The fourth-order valence-electron chi connectivity index (χ4n) is 1.23. The predicted octanol–water partition coefficient (Wildman–Crippen LogP) is 5.99. The van der Waals surface area contributed by atoms with E-state index >= 15 is 0 Å². The molecule has 0 aliphatic rings. The Hall–Kier alpha value is 0.0700. The lowest BCUT2D eigenvalue weighted by Crippen LogP contribution is -1.98. The highest BCUT2D eigenvalue weighted by Gasteiger charge is 2.28. The second-order valence-electron chi connectivity index (χ2n) is 3.36. The molecule has 0 aliphatic carbocycles. The Kier molecular flexibility index (Phi) is 7.16. The van der Waals surface area contributed by atoms with E-state index in [2.05, 4.69) is 0 Å². The average Bonchev–Trinajstić information content (AvgIpc) is 2.41. The molecule has 0 radical (unpaired) electrons. The van der Waals surface area contributed by atoms with Crippen LogP contribution < -0.4 is 0 Å². The second kappa shape index (κ2) is 7.90. The van der Waals surface area contributed by atoms with Crippen LogP contribution in [0.1, 0.15) is 12.5 Å². The molecule has 1 rings (SSSR count). The van der Waals surface area contributed by atoms with Crippen LogP contribution in [0, 0.1) is 0 Å². The van der Waals surface area contributed by atoms with Crippen LogP contribution in [0.15, 0.2) is 17.7 Å². The maximum atomic E-state index is 12.1. The zero-order valence-corrected chi connectivity index (χ0v) is 14.4. The van der Waals surface area contributed by atoms with Gasteiger partial charge in [-0.1, -0.05) is 46.4 Å². The maximum Gasteiger partial charge on any atom is 0.529 e. The van der Waals surface area contributed by atoms with Crippen molar-refractivity contribution in [3.63, 3.8) is 0 Å². The minimum Gasteiger partial charge on any atom is -0.402 e. The van der Waals surface area contributed by atoms with Crippen LogP contribution in [0.25, 0.3) is 5.76 Å². The van der Waals surface area contributed by atoms with Gasteiger partial charge in [0.25, 0.3) is 0 Å². The van der Waals surface area contributed by atoms with E-state index in [1.54, 1.807) is 6.92 Å². The largest absolute Gasteiger partial charge is 0.529 e. The third kappa shape index (κ3) is 4.54. The smallest absolute Gasteiger partial charge is 0.402 e. The summed E-state index contributed by atoms with van der Waals surface area (Å²) in [6, 6.07) is 2.86. The Morgan fingerprint density at radius 1 is 1.25 bits per heavy atom. The quantitative estimate of drug-likeness (QED) is 0.346. The second-order valence-corrected chi connectivity index (χ2v) is 6.50. The molecule has 0 bridgehead atoms. The molecule has 0 amide bonds. The summed E-state index contributed by atoms with van der Waals surface area (Å²) in [6.45, 7) is 1.78. The minimum absolute atomic E-state index is 0.00568. The average molecular weight is 380 g/mol. The Labute approximate surface area is 137 Å². The fraction of sp³-hybridized carbons (Fsp3) is 0.273. The van der Waals surface area contributed by atoms with Gasteiger partial charge >= 0.3 is 7.82 Å². The van der Waals surface area contributed by atoms with Gasteiger partial charge < -0.3 is 4.52 Å². The van der Waals surface area contributed by atoms with Crippen LogP contribution in [-0.4, -0.2) is 13.7 Å². The molecule has 1 aromatic rings. The van der Waals surface area contributed by atoms with Gasteiger partial charge in [0.2, 0.25) is 0 Å². The molecule has 0 saturated heterocycles. The first-order chi connectivity index (χ1) is 9.36. The molecule has 0 aliphatic heterocycles. The number of phosphoric ester groups is 1. The van der Waals surface area contributed by atoms with Crippen LogP contribution >= 0.6 is 54.2 Å². The first-order valence-electron chi connectivity index (χ1n) is 5.32. The Morgan fingerprint density at radius 3 is 2.35 bits per heavy atom. The lowest BCUT2D eigenvalue weighted by molar-refractivity contribution is 0.178. The van der Waals surface area contributed by atoms with Crippen LogP contribution in [0.3, 0.4) is 0 Å². The highest BCUT2D eigenvalue weighted by Crippen LogP contribution is 2.53. The van der Waals surface area contributed by atoms with Crippen molar-refractivity contribution in [3.05, 3.63) is 38.3 Å². The van der Waals surface area contributed by atoms with Gasteiger partial charge in [0.1, 0.15) is 0 Å². The van der Waals surface area contributed by atoms with Crippen molar-refractivity contribution >= 4 is 60.0 Å². The van der Waals surface area contributed by atoms with Gasteiger partial charge in [-0.2, -0.15) is 0 Å². The van der Waals surface area contributed by atoms with E-state index in [1.165, 1.54) is 19.2 Å². The molecule has 9 heteroatoms. The zero-order chi connectivity index (χ0) is 15.3. The van der Waals surface area contributed by atoms with Gasteiger partial charge in [-0.05, 0) is 19.1 Å². The molecule has 1 unspecified atom stereocenters. The van der Waals surface area contributed by atoms with E-state index in [1.807, 2.05) is 0 Å². The van der Waals surface area contributed by atoms with Crippen molar-refractivity contribution in [1.29, 1.82) is 0 Å². The Morgan fingerprint density at radius 2 is 1.85 bits per heavy atom. The van der Waals surface area contributed by atoms with Crippen molar-refractivity contribution in [2.75, 3.05) is 13.7 Å². The first-order valence-corrected chi connectivity index (χ1v) is 8.35. The van der Waals surface area contributed by atoms with E-state index < -0.39 is 7.82 Å². The third-order valence-corrected chi connectivity index (χ3v) is 4.77. The van der Waals surface area contributed by atoms with Crippen molar-refractivity contribution in [2.45, 2.75) is 6.92 Å². The van der Waals surface area contributed by atoms with E-state index in [0.717, 1.165) is 5.54 Å². The highest BCUT2D eigenvalue weighted by molar-refractivity contribution is 7.48. The van der Waals surface area contributed by atoms with Crippen LogP contribution in [0.5, 0.6) is 0 Å². The Bertz CT molecular complexity index is 562. The van der Waals surface area contributed by atoms with Crippen molar-refractivity contribution in [3.8, 4) is 0 Å². The number of hydrogen-bond donors (Lipinski definition) is 0. The predicted molar refractivity (Wildman–Crippen MR) is 82.6 cm³/mol. The number of rotatable bonds is 6. The molecule has 0 saturated carbocycles. The van der Waals surface area contributed by atoms with E-state index in [0.29, 0.717) is 5.56 Å². The summed E-state index contributed by atoms with van der Waals surface area (Å²) < 4.78 is 27.0. The molecule has 0 aromatic heterocycles. The van der Waals surface area contributed by atoms with Crippen molar-refractivity contribution in [2.24, 2.45) is 0 Å². The molecule has 20 heavy (non-hydrogen) atoms. The van der Waals surface area contributed by atoms with Gasteiger partial charge in [-0.25, -0.2) is 4.57 Å². The fourth-order valence-corrected chi connectivity index (χ4v) is 3.04. The lowest BCUT2D eigenvalue weighted by Gasteiger charge is -2.18. The van der Waals surface area contributed by atoms with Crippen molar-refractivity contribution in [1.82, 2.24) is 0 Å². The summed E-state index contributed by atoms with van der Waals surface area (Å²) in [5.74, 6) is -0.00568. The topological polar surface area (TPSA) is 44.8 Å². The number of halogens is 4. The summed E-state index contributed by atoms with van der Waals surface area (Å²) in [5, 5.41) is 0.744. The van der Waals surface area contributed by atoms with Crippen LogP contribution in [0.4, 0.5) is 0 Å². The van der Waals surface area contributed by atoms with E-state index in [4.69, 9.17) is 60.0 Å². The summed E-state index contributed by atoms with van der Waals surface area (Å²) >= 11 is 23.4. The van der Waals surface area contributed by atoms with Crippen LogP contribution in [0.2, 0.25) is 15.1 Å². The number of hydrogen-bond acceptors (Lipinski definition) is 4. The van der Waals surface area contributed by atoms with Gasteiger partial charge in [-0.15, -0.1) is 0 Å². The molecule has 0 spiro atoms. The molecule has 0 fully saturated rings. The molecule has 1 aromatic carbocycles. The Balaban J connectivity index is 3.16. The van der Waals surface area contributed by atoms with Gasteiger partial charge in [0.05, 0.1) is 21.7 Å². The van der Waals surface area contributed by atoms with Gasteiger partial charge in [0, 0.05) is 18.2 Å². The summed E-state index contributed by atoms with van der Waals surface area (Å²) in [4.78, 5) is 0. The molecular weight excluding hydrogens is 369 g/mol. The standard InChI is InChI=1S/C11H11Cl4O4P/c1-3-18-20(16,17-2)19-11(6-12)7-4-9(14)10(15)5-8(7)13/h4-6H,3H2,1-2H3. The zero-order valence-electron chi connectivity index (χ0n) is 10.5. The molecule has 4 nitrogen and oxygen atoms in total. The van der Waals surface area contributed by atoms with Gasteiger partial charge in [-0.3, -0.25) is 9.05 Å². The van der Waals surface area contributed by atoms with Gasteiger partial charge in [0.15, 0.2) is 5.76 Å². The highest BCUT2D eigenvalue weighted by atomic mass is 35.5. The SMILES string of the molecule is CCOP(=O)(OC)OC(=CCl)c1cc(Cl)c(Cl)cc1Cl. The first kappa shape index (κ1) is 18.1. The summed E-state index contributed by atoms with van der Waals surface area (Å²) in [6.07, 6.45) is 0. The monoisotopic (exact) mass is 378 g/mol. The summed E-state index contributed by atoms with van der Waals surface area (Å²) in [5.41, 5.74) is 1.36. The lowest BCUT2D eigenvalue weighted by atomic mass is 10.2. The van der Waals surface area contributed by atoms with Crippen molar-refractivity contribution < 1.29 is 18.1 Å².